The van der Waals surface area contributed by atoms with Gasteiger partial charge in [-0.1, -0.05) is 23.3 Å². The molecule has 5 heterocycles. The molecule has 0 aromatic heterocycles. The number of hydrogen-bond donors (Lipinski definition) is 17. The first-order chi connectivity index (χ1) is 40.5. The first-order valence-electron chi connectivity index (χ1n) is 27.0. The number of primary amides is 3. The molecule has 87 heavy (non-hydrogen) atoms. The standard InChI is InChI=1S/C49H80N5O32P/c1-16(2)9-8-10-17(3)11-12-74-23(42(68)69)15-76-87(72,73)86-47-37(38(85-48(52)70)49(7,71)39(84-47)41(51)67)83-44-25(54-20(6)57)28(60)35(22(79-44)14-75-45-32(64)29(61)26(58)21(13-55)78-45)81-43-24(53-19(5)56)27(59)34(18(4)77-43)80-46-33(65)30(62)31(63)36(82-46)40(50)66/h9,11,18,21-39,43-47,55,58-65,71H,8,10,12-15H2,1-7H3,(H2,50,66)(H2,51,67)(H2,52,70)(H,53,56)(H,54,57)(H,68,69)(H,72,73)/b17-11-/t18-,21-,22-,23-,24-,25-,26-,27-,28-,29+,30+,31-,32-,33-,34-,35-,36+,37-,38-,39-,43+,44+,45-,46-,47-,49+/m1/s1. The molecule has 0 aromatic carbocycles. The Balaban J connectivity index is 1.54. The number of nitrogens with one attached hydrogen (secondary N) is 2. The quantitative estimate of drug-likeness (QED) is 0.0268. The lowest BCUT2D eigenvalue weighted by molar-refractivity contribution is -0.375. The number of nitrogens with two attached hydrogens (primary N) is 3. The van der Waals surface area contributed by atoms with Crippen molar-refractivity contribution < 1.29 is 156 Å². The lowest BCUT2D eigenvalue weighted by Crippen LogP contribution is -2.72. The Morgan fingerprint density at radius 1 is 0.667 bits per heavy atom. The van der Waals surface area contributed by atoms with Gasteiger partial charge in [-0.05, 0) is 47.5 Å². The maximum atomic E-state index is 13.8. The molecule has 1 unspecified atom stereocenters. The summed E-state index contributed by atoms with van der Waals surface area (Å²) in [7, 11) is -5.78. The number of carboxylic acid groups (broad SMARTS) is 1. The zero-order chi connectivity index (χ0) is 65.3. The van der Waals surface area contributed by atoms with Gasteiger partial charge in [-0.25, -0.2) is 14.2 Å². The van der Waals surface area contributed by atoms with Crippen LogP contribution in [0.25, 0.3) is 0 Å². The summed E-state index contributed by atoms with van der Waals surface area (Å²) in [5, 5.41) is 124. The van der Waals surface area contributed by atoms with Gasteiger partial charge in [0.1, 0.15) is 90.9 Å². The smallest absolute Gasteiger partial charge is 0.474 e. The Morgan fingerprint density at radius 2 is 1.22 bits per heavy atom. The fraction of sp³-hybridized carbons (Fsp3) is 0.796. The van der Waals surface area contributed by atoms with Gasteiger partial charge in [0.2, 0.25) is 23.6 Å². The van der Waals surface area contributed by atoms with Crippen molar-refractivity contribution in [3.8, 4) is 0 Å². The summed E-state index contributed by atoms with van der Waals surface area (Å²) in [4.78, 5) is 86.8. The zero-order valence-corrected chi connectivity index (χ0v) is 48.9. The average molecular weight is 1280 g/mol. The number of amides is 5. The third-order valence-corrected chi connectivity index (χ3v) is 15.3. The fourth-order valence-corrected chi connectivity index (χ4v) is 10.7. The number of aliphatic hydroxyl groups excluding tert-OH is 9. The van der Waals surface area contributed by atoms with Gasteiger partial charge in [0, 0.05) is 13.8 Å². The first kappa shape index (κ1) is 73.1. The van der Waals surface area contributed by atoms with Crippen LogP contribution in [-0.2, 0) is 89.7 Å². The van der Waals surface area contributed by atoms with Gasteiger partial charge in [0.05, 0.1) is 32.5 Å². The van der Waals surface area contributed by atoms with Crippen LogP contribution in [0.3, 0.4) is 0 Å². The molecule has 5 amide bonds. The topological polar surface area (TPSA) is 584 Å². The van der Waals surface area contributed by atoms with Crippen molar-refractivity contribution in [3.05, 3.63) is 23.3 Å². The fourth-order valence-electron chi connectivity index (χ4n) is 9.87. The summed E-state index contributed by atoms with van der Waals surface area (Å²) in [6.07, 6.45) is -44.5. The van der Waals surface area contributed by atoms with E-state index >= 15 is 0 Å². The number of carbonyl (C=O) groups excluding carboxylic acids is 5. The van der Waals surface area contributed by atoms with Crippen molar-refractivity contribution >= 4 is 43.5 Å². The first-order valence-corrected chi connectivity index (χ1v) is 28.5. The van der Waals surface area contributed by atoms with Crippen molar-refractivity contribution in [2.45, 2.75) is 220 Å². The minimum absolute atomic E-state index is 0.313. The Bertz CT molecular complexity index is 2480. The molecule has 5 aliphatic heterocycles. The van der Waals surface area contributed by atoms with E-state index in [0.29, 0.717) is 12.8 Å². The molecule has 5 rings (SSSR count). The number of carbonyl (C=O) groups is 6. The van der Waals surface area contributed by atoms with Gasteiger partial charge in [-0.2, -0.15) is 0 Å². The number of aliphatic hydroxyl groups is 10. The number of ether oxygens (including phenoxy) is 11. The summed E-state index contributed by atoms with van der Waals surface area (Å²) >= 11 is 0. The molecular formula is C49H80N5O32P. The van der Waals surface area contributed by atoms with Gasteiger partial charge >= 0.3 is 19.9 Å². The summed E-state index contributed by atoms with van der Waals surface area (Å²) in [5.74, 6) is -6.39. The van der Waals surface area contributed by atoms with Crippen LogP contribution in [0.5, 0.6) is 0 Å². The van der Waals surface area contributed by atoms with Gasteiger partial charge in [0.25, 0.3) is 0 Å². The van der Waals surface area contributed by atoms with E-state index in [-0.39, 0.29) is 6.61 Å². The lowest BCUT2D eigenvalue weighted by Gasteiger charge is -2.52. The van der Waals surface area contributed by atoms with E-state index in [1.165, 1.54) is 6.92 Å². The van der Waals surface area contributed by atoms with Crippen LogP contribution < -0.4 is 27.8 Å². The average Bonchev–Trinajstić information content (AvgIpc) is 1.11. The molecule has 0 aromatic rings. The zero-order valence-electron chi connectivity index (χ0n) is 48.0. The van der Waals surface area contributed by atoms with Crippen LogP contribution in [0.15, 0.2) is 23.3 Å². The molecule has 5 aliphatic rings. The summed E-state index contributed by atoms with van der Waals surface area (Å²) in [6.45, 7) is 5.98. The SMILES string of the molecule is CC(=O)N[C@H]1[C@H](O[C@H]2[C@H](O)[C@@H](NC(C)=O)[C@H](O[C@H]3[C@@H](OP(=O)(O)OC[C@@H](OC/C=C(/C)CCC=C(C)C)C(=O)O)O[C@H](C(N)=O)[C@@](C)(O)[C@@H]3OC(N)=O)O[C@@H]2CO[C@@H]2O[C@H](CO)[C@@H](O)[C@H](O)[C@H]2O)O[C@H](C)[C@@H](O[C@@H]2O[C@H](C(N)=O)[C@H](O)[C@H](O)[C@H]2O)[C@@H]1O. The molecule has 37 nitrogen and oxygen atoms in total. The predicted molar refractivity (Wildman–Crippen MR) is 280 cm³/mol. The largest absolute Gasteiger partial charge is 0.479 e. The molecule has 0 radical (unpaired) electrons. The Labute approximate surface area is 495 Å². The molecule has 5 saturated heterocycles. The van der Waals surface area contributed by atoms with Crippen LogP contribution in [0.4, 0.5) is 4.79 Å². The van der Waals surface area contributed by atoms with E-state index in [2.05, 4.69) is 10.6 Å². The van der Waals surface area contributed by atoms with Gasteiger partial charge in [0.15, 0.2) is 62.0 Å². The Kier molecular flexibility index (Phi) is 26.4. The van der Waals surface area contributed by atoms with Crippen LogP contribution in [-0.4, -0.2) is 282 Å². The third kappa shape index (κ3) is 18.8. The molecule has 20 N–H and O–H groups in total. The molecule has 0 spiro atoms. The van der Waals surface area contributed by atoms with Gasteiger partial charge < -0.3 is 141 Å². The van der Waals surface area contributed by atoms with Crippen LogP contribution >= 0.6 is 7.82 Å². The van der Waals surface area contributed by atoms with E-state index in [0.717, 1.165) is 31.9 Å². The van der Waals surface area contributed by atoms with Crippen molar-refractivity contribution in [3.63, 3.8) is 0 Å². The molecule has 0 saturated carbocycles. The van der Waals surface area contributed by atoms with E-state index in [4.69, 9.17) is 78.4 Å². The normalized spacial score (nSPS) is 40.2. The maximum absolute atomic E-state index is 13.8. The molecule has 0 aliphatic carbocycles. The second-order valence-electron chi connectivity index (χ2n) is 21.6. The molecule has 498 valence electrons. The number of phosphoric ester groups is 1. The highest BCUT2D eigenvalue weighted by molar-refractivity contribution is 7.47. The Morgan fingerprint density at radius 3 is 1.77 bits per heavy atom. The second kappa shape index (κ2) is 31.4. The lowest BCUT2D eigenvalue weighted by atomic mass is 9.85. The number of aliphatic carboxylic acids is 1. The minimum atomic E-state index is -5.78. The van der Waals surface area contributed by atoms with E-state index in [1.807, 2.05) is 19.9 Å². The highest BCUT2D eigenvalue weighted by Crippen LogP contribution is 2.49. The highest BCUT2D eigenvalue weighted by Gasteiger charge is 2.62. The van der Waals surface area contributed by atoms with Crippen molar-refractivity contribution in [2.75, 3.05) is 26.4 Å². The molecule has 0 bridgehead atoms. The number of carboxylic acids is 1. The van der Waals surface area contributed by atoms with Crippen LogP contribution in [0.2, 0.25) is 0 Å². The molecule has 38 heteroatoms. The van der Waals surface area contributed by atoms with Gasteiger partial charge in [-0.3, -0.25) is 28.2 Å². The second-order valence-corrected chi connectivity index (χ2v) is 23.0. The molecule has 5 fully saturated rings. The van der Waals surface area contributed by atoms with E-state index < -0.39 is 222 Å². The third-order valence-electron chi connectivity index (χ3n) is 14.4. The summed E-state index contributed by atoms with van der Waals surface area (Å²) in [6, 6.07) is -3.88. The summed E-state index contributed by atoms with van der Waals surface area (Å²) < 4.78 is 87.4. The molecule has 27 atom stereocenters. The van der Waals surface area contributed by atoms with Crippen LogP contribution in [0.1, 0.15) is 61.3 Å². The number of rotatable bonds is 27. The van der Waals surface area contributed by atoms with Crippen LogP contribution in [0, 0.1) is 0 Å². The number of hydrogen-bond acceptors (Lipinski definition) is 30. The van der Waals surface area contributed by atoms with Gasteiger partial charge in [-0.15, -0.1) is 0 Å². The number of phosphoric acid groups is 1. The number of allylic oxidation sites excluding steroid dienone is 3. The van der Waals surface area contributed by atoms with Crippen molar-refractivity contribution in [1.29, 1.82) is 0 Å². The predicted octanol–water partition coefficient (Wildman–Crippen LogP) is -7.83. The minimum Gasteiger partial charge on any atom is -0.479 e. The monoisotopic (exact) mass is 1280 g/mol. The van der Waals surface area contributed by atoms with Crippen molar-refractivity contribution in [1.82, 2.24) is 10.6 Å². The highest BCUT2D eigenvalue weighted by atomic mass is 31.2. The van der Waals surface area contributed by atoms with Crippen molar-refractivity contribution in [2.24, 2.45) is 17.2 Å². The molecular weight excluding hydrogens is 1200 g/mol. The summed E-state index contributed by atoms with van der Waals surface area (Å²) in [5.41, 5.74) is 15.3. The Hall–Kier alpha value is -4.59. The maximum Gasteiger partial charge on any atom is 0.474 e. The van der Waals surface area contributed by atoms with E-state index in [9.17, 15) is 94.4 Å². The van der Waals surface area contributed by atoms with E-state index in [1.54, 1.807) is 13.0 Å².